The lowest BCUT2D eigenvalue weighted by atomic mass is 9.78. The summed E-state index contributed by atoms with van der Waals surface area (Å²) in [5.74, 6) is 1.05. The van der Waals surface area contributed by atoms with Crippen LogP contribution in [0.1, 0.15) is 64.7 Å². The number of nitrogens with one attached hydrogen (secondary N) is 1. The Balaban J connectivity index is 1.67. The molecule has 0 radical (unpaired) electrons. The van der Waals surface area contributed by atoms with Gasteiger partial charge in [0.25, 0.3) is 0 Å². The maximum absolute atomic E-state index is 3.34. The Morgan fingerprint density at radius 3 is 2.72 bits per heavy atom. The molecule has 1 aliphatic carbocycles. The molecule has 18 heavy (non-hydrogen) atoms. The minimum absolute atomic E-state index is 0.689. The van der Waals surface area contributed by atoms with Gasteiger partial charge in [-0.1, -0.05) is 19.3 Å². The molecule has 0 aromatic carbocycles. The van der Waals surface area contributed by atoms with Crippen molar-refractivity contribution in [1.29, 1.82) is 0 Å². The highest BCUT2D eigenvalue weighted by Crippen LogP contribution is 2.35. The molecule has 1 N–H and O–H groups in total. The molecule has 1 heterocycles. The first-order chi connectivity index (χ1) is 8.81. The number of nitrogens with zero attached hydrogens (tertiary/aromatic N) is 1. The Morgan fingerprint density at radius 1 is 1.11 bits per heavy atom. The first-order valence-electron chi connectivity index (χ1n) is 8.22. The van der Waals surface area contributed by atoms with Crippen LogP contribution in [0.4, 0.5) is 0 Å². The summed E-state index contributed by atoms with van der Waals surface area (Å²) < 4.78 is 0. The molecule has 0 amide bonds. The van der Waals surface area contributed by atoms with Crippen LogP contribution in [0.2, 0.25) is 0 Å². The Bertz CT molecular complexity index is 227. The van der Waals surface area contributed by atoms with E-state index in [-0.39, 0.29) is 0 Å². The van der Waals surface area contributed by atoms with Gasteiger partial charge >= 0.3 is 0 Å². The average molecular weight is 252 g/mol. The largest absolute Gasteiger partial charge is 0.317 e. The monoisotopic (exact) mass is 252 g/mol. The molecular formula is C16H32N2. The summed E-state index contributed by atoms with van der Waals surface area (Å²) in [6, 6.07) is 1.64. The highest BCUT2D eigenvalue weighted by molar-refractivity contribution is 4.87. The van der Waals surface area contributed by atoms with Gasteiger partial charge in [0.05, 0.1) is 0 Å². The van der Waals surface area contributed by atoms with Crippen molar-refractivity contribution in [1.82, 2.24) is 10.2 Å². The third kappa shape index (κ3) is 3.96. The Morgan fingerprint density at radius 2 is 1.89 bits per heavy atom. The summed E-state index contributed by atoms with van der Waals surface area (Å²) in [5.41, 5.74) is 0. The number of likely N-dealkylation sites (tertiary alicyclic amines) is 1. The van der Waals surface area contributed by atoms with E-state index < -0.39 is 0 Å². The summed E-state index contributed by atoms with van der Waals surface area (Å²) >= 11 is 0. The molecule has 3 atom stereocenters. The normalized spacial score (nSPS) is 31.0. The molecule has 1 aliphatic heterocycles. The highest BCUT2D eigenvalue weighted by atomic mass is 15.2. The molecule has 0 spiro atoms. The van der Waals surface area contributed by atoms with Gasteiger partial charge in [0.15, 0.2) is 0 Å². The Hall–Kier alpha value is -0.0800. The van der Waals surface area contributed by atoms with Crippen LogP contribution in [0.25, 0.3) is 0 Å². The van der Waals surface area contributed by atoms with Crippen LogP contribution in [0, 0.1) is 5.92 Å². The zero-order chi connectivity index (χ0) is 12.8. The van der Waals surface area contributed by atoms with Crippen molar-refractivity contribution in [2.45, 2.75) is 76.8 Å². The maximum atomic E-state index is 3.34. The highest BCUT2D eigenvalue weighted by Gasteiger charge is 2.32. The van der Waals surface area contributed by atoms with Gasteiger partial charge in [-0.25, -0.2) is 0 Å². The second-order valence-electron chi connectivity index (χ2n) is 6.48. The van der Waals surface area contributed by atoms with E-state index in [0.29, 0.717) is 6.04 Å². The average Bonchev–Trinajstić information content (AvgIpc) is 2.43. The van der Waals surface area contributed by atoms with Crippen LogP contribution in [0.15, 0.2) is 0 Å². The van der Waals surface area contributed by atoms with E-state index in [1.54, 1.807) is 0 Å². The molecule has 2 rings (SSSR count). The van der Waals surface area contributed by atoms with Gasteiger partial charge in [-0.05, 0) is 71.5 Å². The molecule has 2 aliphatic rings. The van der Waals surface area contributed by atoms with E-state index in [1.807, 2.05) is 0 Å². The lowest BCUT2D eigenvalue weighted by molar-refractivity contribution is 0.0594. The number of rotatable bonds is 6. The molecule has 0 bridgehead atoms. The van der Waals surface area contributed by atoms with Crippen LogP contribution < -0.4 is 5.32 Å². The second kappa shape index (κ2) is 7.49. The van der Waals surface area contributed by atoms with E-state index in [1.165, 1.54) is 70.9 Å². The quantitative estimate of drug-likeness (QED) is 0.729. The Kier molecular flexibility index (Phi) is 5.97. The minimum Gasteiger partial charge on any atom is -0.317 e. The molecule has 0 aromatic heterocycles. The minimum atomic E-state index is 0.689. The summed E-state index contributed by atoms with van der Waals surface area (Å²) in [7, 11) is 2.07. The van der Waals surface area contributed by atoms with Crippen molar-refractivity contribution >= 4 is 0 Å². The molecule has 2 fully saturated rings. The third-order valence-corrected chi connectivity index (χ3v) is 5.18. The van der Waals surface area contributed by atoms with Gasteiger partial charge < -0.3 is 10.2 Å². The van der Waals surface area contributed by atoms with Gasteiger partial charge in [-0.3, -0.25) is 0 Å². The summed E-state index contributed by atoms with van der Waals surface area (Å²) in [6.45, 7) is 5.03. The first kappa shape index (κ1) is 14.3. The fourth-order valence-electron chi connectivity index (χ4n) is 3.92. The van der Waals surface area contributed by atoms with E-state index in [0.717, 1.165) is 12.0 Å². The second-order valence-corrected chi connectivity index (χ2v) is 6.48. The fraction of sp³-hybridized carbons (Fsp3) is 1.00. The summed E-state index contributed by atoms with van der Waals surface area (Å²) in [6.07, 6.45) is 13.0. The predicted molar refractivity (Wildman–Crippen MR) is 78.9 cm³/mol. The number of piperidine rings is 1. The topological polar surface area (TPSA) is 15.3 Å². The molecule has 1 saturated heterocycles. The number of unbranched alkanes of at least 4 members (excludes halogenated alkanes) is 1. The van der Waals surface area contributed by atoms with Gasteiger partial charge in [0.1, 0.15) is 0 Å². The molecule has 1 saturated carbocycles. The molecule has 3 unspecified atom stereocenters. The summed E-state index contributed by atoms with van der Waals surface area (Å²) in [5, 5.41) is 3.34. The van der Waals surface area contributed by atoms with Crippen molar-refractivity contribution in [3.63, 3.8) is 0 Å². The van der Waals surface area contributed by atoms with Crippen molar-refractivity contribution in [3.05, 3.63) is 0 Å². The van der Waals surface area contributed by atoms with Crippen LogP contribution in [0.5, 0.6) is 0 Å². The Labute approximate surface area is 114 Å². The van der Waals surface area contributed by atoms with E-state index in [9.17, 15) is 0 Å². The zero-order valence-electron chi connectivity index (χ0n) is 12.5. The number of hydrogen-bond acceptors (Lipinski definition) is 2. The predicted octanol–water partition coefficient (Wildman–Crippen LogP) is 3.42. The SMILES string of the molecule is CNC(C)CCCCN1CCCC2CCCCC21. The van der Waals surface area contributed by atoms with E-state index >= 15 is 0 Å². The first-order valence-corrected chi connectivity index (χ1v) is 8.22. The van der Waals surface area contributed by atoms with Crippen molar-refractivity contribution in [2.24, 2.45) is 5.92 Å². The molecule has 2 nitrogen and oxygen atoms in total. The summed E-state index contributed by atoms with van der Waals surface area (Å²) in [4.78, 5) is 2.83. The molecule has 0 aromatic rings. The van der Waals surface area contributed by atoms with Crippen molar-refractivity contribution < 1.29 is 0 Å². The third-order valence-electron chi connectivity index (χ3n) is 5.18. The van der Waals surface area contributed by atoms with E-state index in [4.69, 9.17) is 0 Å². The van der Waals surface area contributed by atoms with Gasteiger partial charge in [-0.2, -0.15) is 0 Å². The number of fused-ring (bicyclic) bond motifs is 1. The van der Waals surface area contributed by atoms with Gasteiger partial charge in [-0.15, -0.1) is 0 Å². The van der Waals surface area contributed by atoms with Crippen molar-refractivity contribution in [3.8, 4) is 0 Å². The zero-order valence-corrected chi connectivity index (χ0v) is 12.5. The standard InChI is InChI=1S/C16H32N2/c1-14(17-2)8-5-6-12-18-13-7-10-15-9-3-4-11-16(15)18/h14-17H,3-13H2,1-2H3. The van der Waals surface area contributed by atoms with Crippen molar-refractivity contribution in [2.75, 3.05) is 20.1 Å². The molecule has 2 heteroatoms. The number of hydrogen-bond donors (Lipinski definition) is 1. The van der Waals surface area contributed by atoms with Gasteiger partial charge in [0.2, 0.25) is 0 Å². The smallest absolute Gasteiger partial charge is 0.0123 e. The lowest BCUT2D eigenvalue weighted by Gasteiger charge is -2.44. The lowest BCUT2D eigenvalue weighted by Crippen LogP contribution is -2.47. The maximum Gasteiger partial charge on any atom is 0.0123 e. The molecule has 106 valence electrons. The van der Waals surface area contributed by atoms with Crippen LogP contribution in [0.3, 0.4) is 0 Å². The van der Waals surface area contributed by atoms with E-state index in [2.05, 4.69) is 24.2 Å². The fourth-order valence-corrected chi connectivity index (χ4v) is 3.92. The van der Waals surface area contributed by atoms with Crippen LogP contribution in [-0.4, -0.2) is 37.1 Å². The van der Waals surface area contributed by atoms with Crippen LogP contribution >= 0.6 is 0 Å². The molecular weight excluding hydrogens is 220 g/mol. The van der Waals surface area contributed by atoms with Crippen LogP contribution in [-0.2, 0) is 0 Å². The van der Waals surface area contributed by atoms with Gasteiger partial charge in [0, 0.05) is 12.1 Å².